The predicted molar refractivity (Wildman–Crippen MR) is 80.5 cm³/mol. The zero-order chi connectivity index (χ0) is 15.1. The van der Waals surface area contributed by atoms with Crippen molar-refractivity contribution in [3.63, 3.8) is 0 Å². The van der Waals surface area contributed by atoms with E-state index in [0.717, 1.165) is 18.5 Å². The lowest BCUT2D eigenvalue weighted by molar-refractivity contribution is -0.121. The topological polar surface area (TPSA) is 68.0 Å². The maximum atomic E-state index is 11.7. The van der Waals surface area contributed by atoms with Gasteiger partial charge in [-0.15, -0.1) is 10.2 Å². The minimum Gasteiger partial charge on any atom is -0.421 e. The molecular weight excluding hydrogens is 266 g/mol. The number of rotatable bonds is 7. The van der Waals surface area contributed by atoms with Crippen LogP contribution in [0.15, 0.2) is 34.7 Å². The second-order valence-electron chi connectivity index (χ2n) is 5.40. The van der Waals surface area contributed by atoms with Crippen molar-refractivity contribution in [2.75, 3.05) is 6.54 Å². The Balaban J connectivity index is 1.79. The zero-order valence-electron chi connectivity index (χ0n) is 12.5. The molecule has 5 nitrogen and oxygen atoms in total. The van der Waals surface area contributed by atoms with Crippen LogP contribution in [0.3, 0.4) is 0 Å². The van der Waals surface area contributed by atoms with Crippen molar-refractivity contribution < 1.29 is 9.21 Å². The van der Waals surface area contributed by atoms with E-state index >= 15 is 0 Å². The average molecular weight is 287 g/mol. The van der Waals surface area contributed by atoms with Crippen molar-refractivity contribution in [2.24, 2.45) is 5.92 Å². The van der Waals surface area contributed by atoms with E-state index in [2.05, 4.69) is 29.4 Å². The Morgan fingerprint density at radius 2 is 2.00 bits per heavy atom. The van der Waals surface area contributed by atoms with E-state index in [1.807, 2.05) is 30.3 Å². The summed E-state index contributed by atoms with van der Waals surface area (Å²) in [5, 5.41) is 10.9. The summed E-state index contributed by atoms with van der Waals surface area (Å²) in [5.41, 5.74) is 0.887. The van der Waals surface area contributed by atoms with Crippen LogP contribution in [0, 0.1) is 5.92 Å². The van der Waals surface area contributed by atoms with Gasteiger partial charge in [0.15, 0.2) is 0 Å². The van der Waals surface area contributed by atoms with Crippen molar-refractivity contribution in [3.8, 4) is 11.5 Å². The fourth-order valence-corrected chi connectivity index (χ4v) is 1.86. The summed E-state index contributed by atoms with van der Waals surface area (Å²) in [6, 6.07) is 9.59. The summed E-state index contributed by atoms with van der Waals surface area (Å²) < 4.78 is 5.56. The number of carbonyl (C=O) groups excluding carboxylic acids is 1. The largest absolute Gasteiger partial charge is 0.421 e. The van der Waals surface area contributed by atoms with E-state index in [-0.39, 0.29) is 5.91 Å². The maximum Gasteiger partial charge on any atom is 0.247 e. The highest BCUT2D eigenvalue weighted by Crippen LogP contribution is 2.17. The van der Waals surface area contributed by atoms with Gasteiger partial charge in [0, 0.05) is 24.9 Å². The Kier molecular flexibility index (Phi) is 5.49. The number of aromatic nitrogens is 2. The van der Waals surface area contributed by atoms with E-state index < -0.39 is 0 Å². The van der Waals surface area contributed by atoms with Crippen LogP contribution in [0.5, 0.6) is 0 Å². The molecule has 5 heteroatoms. The van der Waals surface area contributed by atoms with Gasteiger partial charge in [0.2, 0.25) is 17.7 Å². The van der Waals surface area contributed by atoms with Crippen molar-refractivity contribution >= 4 is 5.91 Å². The number of amides is 1. The van der Waals surface area contributed by atoms with Gasteiger partial charge in [-0.25, -0.2) is 0 Å². The highest BCUT2D eigenvalue weighted by Gasteiger charge is 2.10. The first-order valence-electron chi connectivity index (χ1n) is 7.29. The molecule has 0 spiro atoms. The number of benzene rings is 1. The van der Waals surface area contributed by atoms with E-state index in [9.17, 15) is 4.79 Å². The van der Waals surface area contributed by atoms with Crippen LogP contribution in [0.25, 0.3) is 11.5 Å². The van der Waals surface area contributed by atoms with E-state index in [1.54, 1.807) is 0 Å². The molecule has 0 aliphatic rings. The minimum absolute atomic E-state index is 0.0233. The zero-order valence-corrected chi connectivity index (χ0v) is 12.5. The Bertz CT molecular complexity index is 564. The van der Waals surface area contributed by atoms with E-state index in [4.69, 9.17) is 4.42 Å². The normalized spacial score (nSPS) is 10.8. The third kappa shape index (κ3) is 5.02. The summed E-state index contributed by atoms with van der Waals surface area (Å²) in [4.78, 5) is 11.7. The van der Waals surface area contributed by atoms with Crippen molar-refractivity contribution in [1.29, 1.82) is 0 Å². The summed E-state index contributed by atoms with van der Waals surface area (Å²) in [6.45, 7) is 4.99. The van der Waals surface area contributed by atoms with Crippen LogP contribution in [0.2, 0.25) is 0 Å². The number of carbonyl (C=O) groups is 1. The van der Waals surface area contributed by atoms with Gasteiger partial charge < -0.3 is 9.73 Å². The third-order valence-electron chi connectivity index (χ3n) is 3.10. The quantitative estimate of drug-likeness (QED) is 0.850. The number of hydrogen-bond donors (Lipinski definition) is 1. The molecule has 1 amide bonds. The number of hydrogen-bond acceptors (Lipinski definition) is 4. The van der Waals surface area contributed by atoms with Gasteiger partial charge in [-0.1, -0.05) is 32.0 Å². The molecule has 0 bridgehead atoms. The van der Waals surface area contributed by atoms with E-state index in [1.165, 1.54) is 0 Å². The van der Waals surface area contributed by atoms with Gasteiger partial charge in [-0.2, -0.15) is 0 Å². The number of aryl methyl sites for hydroxylation is 1. The number of nitrogens with zero attached hydrogens (tertiary/aromatic N) is 2. The van der Waals surface area contributed by atoms with Crippen LogP contribution in [0.1, 0.15) is 32.6 Å². The summed E-state index contributed by atoms with van der Waals surface area (Å²) >= 11 is 0. The standard InChI is InChI=1S/C16H21N3O2/c1-12(2)10-11-17-14(20)8-9-15-18-19-16(21-15)13-6-4-3-5-7-13/h3-7,12H,8-11H2,1-2H3,(H,17,20). The van der Waals surface area contributed by atoms with E-state index in [0.29, 0.717) is 30.5 Å². The Morgan fingerprint density at radius 1 is 1.24 bits per heavy atom. The van der Waals surface area contributed by atoms with Crippen LogP contribution < -0.4 is 5.32 Å². The molecule has 1 heterocycles. The second-order valence-corrected chi connectivity index (χ2v) is 5.40. The molecular formula is C16H21N3O2. The van der Waals surface area contributed by atoms with Crippen LogP contribution >= 0.6 is 0 Å². The van der Waals surface area contributed by atoms with Crippen molar-refractivity contribution in [2.45, 2.75) is 33.1 Å². The van der Waals surface area contributed by atoms with Gasteiger partial charge in [0.1, 0.15) is 0 Å². The molecule has 21 heavy (non-hydrogen) atoms. The summed E-state index contributed by atoms with van der Waals surface area (Å²) in [7, 11) is 0. The maximum absolute atomic E-state index is 11.7. The molecule has 2 aromatic rings. The van der Waals surface area contributed by atoms with Crippen LogP contribution in [0.4, 0.5) is 0 Å². The summed E-state index contributed by atoms with van der Waals surface area (Å²) in [6.07, 6.45) is 1.83. The lowest BCUT2D eigenvalue weighted by Crippen LogP contribution is -2.25. The smallest absolute Gasteiger partial charge is 0.247 e. The second kappa shape index (κ2) is 7.57. The molecule has 0 atom stereocenters. The Hall–Kier alpha value is -2.17. The highest BCUT2D eigenvalue weighted by atomic mass is 16.4. The molecule has 2 rings (SSSR count). The van der Waals surface area contributed by atoms with Crippen LogP contribution in [-0.4, -0.2) is 22.6 Å². The molecule has 112 valence electrons. The first-order valence-corrected chi connectivity index (χ1v) is 7.29. The first-order chi connectivity index (χ1) is 10.1. The fourth-order valence-electron chi connectivity index (χ4n) is 1.86. The molecule has 1 aromatic carbocycles. The fraction of sp³-hybridized carbons (Fsp3) is 0.438. The van der Waals surface area contributed by atoms with Gasteiger partial charge in [-0.05, 0) is 24.5 Å². The number of nitrogens with one attached hydrogen (secondary N) is 1. The lowest BCUT2D eigenvalue weighted by atomic mass is 10.1. The molecule has 0 aliphatic heterocycles. The van der Waals surface area contributed by atoms with Crippen LogP contribution in [-0.2, 0) is 11.2 Å². The molecule has 0 radical (unpaired) electrons. The third-order valence-corrected chi connectivity index (χ3v) is 3.10. The van der Waals surface area contributed by atoms with Gasteiger partial charge in [0.25, 0.3) is 0 Å². The van der Waals surface area contributed by atoms with Gasteiger partial charge in [0.05, 0.1) is 0 Å². The molecule has 0 unspecified atom stereocenters. The SMILES string of the molecule is CC(C)CCNC(=O)CCc1nnc(-c2ccccc2)o1. The molecule has 0 aliphatic carbocycles. The molecule has 0 saturated carbocycles. The first kappa shape index (κ1) is 15.2. The average Bonchev–Trinajstić information content (AvgIpc) is 2.94. The van der Waals surface area contributed by atoms with Gasteiger partial charge in [-0.3, -0.25) is 4.79 Å². The Morgan fingerprint density at radius 3 is 2.71 bits per heavy atom. The highest BCUT2D eigenvalue weighted by molar-refractivity contribution is 5.75. The molecule has 1 aromatic heterocycles. The van der Waals surface area contributed by atoms with Crippen molar-refractivity contribution in [1.82, 2.24) is 15.5 Å². The van der Waals surface area contributed by atoms with Gasteiger partial charge >= 0.3 is 0 Å². The predicted octanol–water partition coefficient (Wildman–Crippen LogP) is 2.83. The van der Waals surface area contributed by atoms with Crippen molar-refractivity contribution in [3.05, 3.63) is 36.2 Å². The minimum atomic E-state index is 0.0233. The summed E-state index contributed by atoms with van der Waals surface area (Å²) in [5.74, 6) is 1.60. The molecule has 0 fully saturated rings. The Labute approximate surface area is 124 Å². The molecule has 0 saturated heterocycles. The molecule has 1 N–H and O–H groups in total. The monoisotopic (exact) mass is 287 g/mol. The lowest BCUT2D eigenvalue weighted by Gasteiger charge is -2.06.